The number of primary sulfonamides is 1. The van der Waals surface area contributed by atoms with Crippen molar-refractivity contribution in [1.29, 1.82) is 0 Å². The molecule has 0 aromatic heterocycles. The van der Waals surface area contributed by atoms with Crippen LogP contribution in [0.1, 0.15) is 0 Å². The molecule has 0 fully saturated rings. The minimum absolute atomic E-state index is 0.0293. The second-order valence-corrected chi connectivity index (χ2v) is 7.90. The molecular weight excluding hydrogens is 355 g/mol. The van der Waals surface area contributed by atoms with Crippen LogP contribution < -0.4 is 9.86 Å². The van der Waals surface area contributed by atoms with Crippen LogP contribution >= 0.6 is 11.6 Å². The van der Waals surface area contributed by atoms with Crippen LogP contribution in [-0.2, 0) is 20.0 Å². The maximum absolute atomic E-state index is 12.8. The van der Waals surface area contributed by atoms with Crippen molar-refractivity contribution in [3.8, 4) is 0 Å². The van der Waals surface area contributed by atoms with Crippen molar-refractivity contribution in [2.75, 3.05) is 4.72 Å². The fourth-order valence-electron chi connectivity index (χ4n) is 1.57. The fourth-order valence-corrected chi connectivity index (χ4v) is 3.54. The van der Waals surface area contributed by atoms with E-state index in [-0.39, 0.29) is 20.5 Å². The van der Waals surface area contributed by atoms with Gasteiger partial charge in [-0.05, 0) is 42.5 Å². The van der Waals surface area contributed by atoms with Crippen LogP contribution in [-0.4, -0.2) is 16.8 Å². The molecule has 0 amide bonds. The zero-order valence-corrected chi connectivity index (χ0v) is 13.2. The van der Waals surface area contributed by atoms with E-state index in [0.717, 1.165) is 36.4 Å². The first-order valence-corrected chi connectivity index (χ1v) is 9.11. The van der Waals surface area contributed by atoms with Gasteiger partial charge in [-0.15, -0.1) is 0 Å². The summed E-state index contributed by atoms with van der Waals surface area (Å²) < 4.78 is 61.6. The third-order valence-corrected chi connectivity index (χ3v) is 5.24. The average Bonchev–Trinajstić information content (AvgIpc) is 2.40. The van der Waals surface area contributed by atoms with E-state index in [1.807, 2.05) is 0 Å². The van der Waals surface area contributed by atoms with Crippen molar-refractivity contribution < 1.29 is 21.2 Å². The molecule has 2 rings (SSSR count). The van der Waals surface area contributed by atoms with Crippen molar-refractivity contribution in [1.82, 2.24) is 0 Å². The summed E-state index contributed by atoms with van der Waals surface area (Å²) in [6, 6.07) is 7.49. The van der Waals surface area contributed by atoms with Crippen molar-refractivity contribution in [2.45, 2.75) is 9.79 Å². The molecule has 3 N–H and O–H groups in total. The number of halogens is 2. The molecular formula is C12H10ClFN2O4S2. The van der Waals surface area contributed by atoms with E-state index in [1.165, 1.54) is 6.07 Å². The summed E-state index contributed by atoms with van der Waals surface area (Å²) in [6.07, 6.45) is 0. The van der Waals surface area contributed by atoms with Crippen LogP contribution in [0.25, 0.3) is 0 Å². The highest BCUT2D eigenvalue weighted by molar-refractivity contribution is 7.92. The lowest BCUT2D eigenvalue weighted by atomic mass is 10.3. The first-order chi connectivity index (χ1) is 10.1. The number of hydrogen-bond donors (Lipinski definition) is 2. The van der Waals surface area contributed by atoms with Crippen molar-refractivity contribution in [2.24, 2.45) is 5.14 Å². The van der Waals surface area contributed by atoms with Crippen LogP contribution in [0, 0.1) is 5.82 Å². The molecule has 22 heavy (non-hydrogen) atoms. The Morgan fingerprint density at radius 1 is 0.955 bits per heavy atom. The Balaban J connectivity index is 2.36. The molecule has 0 aliphatic heterocycles. The average molecular weight is 365 g/mol. The third kappa shape index (κ3) is 3.74. The highest BCUT2D eigenvalue weighted by Crippen LogP contribution is 2.27. The topological polar surface area (TPSA) is 106 Å². The number of rotatable bonds is 4. The largest absolute Gasteiger partial charge is 0.278 e. The van der Waals surface area contributed by atoms with Crippen molar-refractivity contribution in [3.63, 3.8) is 0 Å². The fraction of sp³-hybridized carbons (Fsp3) is 0. The maximum Gasteiger partial charge on any atom is 0.261 e. The Kier molecular flexibility index (Phi) is 4.43. The highest BCUT2D eigenvalue weighted by atomic mass is 35.5. The van der Waals surface area contributed by atoms with Gasteiger partial charge in [0, 0.05) is 0 Å². The van der Waals surface area contributed by atoms with Crippen molar-refractivity contribution in [3.05, 3.63) is 53.3 Å². The summed E-state index contributed by atoms with van der Waals surface area (Å²) in [5.41, 5.74) is -0.0293. The molecule has 2 aromatic rings. The van der Waals surface area contributed by atoms with Gasteiger partial charge in [0.1, 0.15) is 5.82 Å². The normalized spacial score (nSPS) is 12.1. The summed E-state index contributed by atoms with van der Waals surface area (Å²) in [4.78, 5) is -0.414. The van der Waals surface area contributed by atoms with E-state index in [0.29, 0.717) is 0 Å². The van der Waals surface area contributed by atoms with Gasteiger partial charge in [-0.2, -0.15) is 0 Å². The van der Waals surface area contributed by atoms with Crippen molar-refractivity contribution >= 4 is 37.3 Å². The predicted molar refractivity (Wildman–Crippen MR) is 80.0 cm³/mol. The van der Waals surface area contributed by atoms with Gasteiger partial charge in [-0.3, -0.25) is 4.72 Å². The lowest BCUT2D eigenvalue weighted by molar-refractivity contribution is 0.597. The first-order valence-electron chi connectivity index (χ1n) is 5.70. The van der Waals surface area contributed by atoms with Gasteiger partial charge in [-0.1, -0.05) is 11.6 Å². The van der Waals surface area contributed by atoms with Crippen LogP contribution in [0.4, 0.5) is 10.1 Å². The quantitative estimate of drug-likeness (QED) is 0.864. The number of sulfonamides is 2. The summed E-state index contributed by atoms with van der Waals surface area (Å²) >= 11 is 5.85. The zero-order valence-electron chi connectivity index (χ0n) is 10.8. The summed E-state index contributed by atoms with van der Waals surface area (Å²) in [6.45, 7) is 0. The van der Waals surface area contributed by atoms with Crippen LogP contribution in [0.15, 0.2) is 52.3 Å². The molecule has 0 aliphatic carbocycles. The minimum Gasteiger partial charge on any atom is -0.278 e. The molecule has 0 unspecified atom stereocenters. The molecule has 0 aliphatic rings. The molecule has 118 valence electrons. The Bertz CT molecular complexity index is 913. The zero-order chi connectivity index (χ0) is 16.5. The van der Waals surface area contributed by atoms with E-state index in [2.05, 4.69) is 4.72 Å². The lowest BCUT2D eigenvalue weighted by Crippen LogP contribution is -2.15. The SMILES string of the molecule is NS(=O)(=O)c1ccc(NS(=O)(=O)c2ccc(F)cc2)c(Cl)c1. The summed E-state index contributed by atoms with van der Waals surface area (Å²) in [5.74, 6) is -0.575. The number of nitrogens with two attached hydrogens (primary N) is 1. The van der Waals surface area contributed by atoms with Crippen LogP contribution in [0.5, 0.6) is 0 Å². The predicted octanol–water partition coefficient (Wildman–Crippen LogP) is 1.93. The number of hydrogen-bond acceptors (Lipinski definition) is 4. The molecule has 0 spiro atoms. The van der Waals surface area contributed by atoms with Gasteiger partial charge in [0.15, 0.2) is 0 Å². The summed E-state index contributed by atoms with van der Waals surface area (Å²) in [7, 11) is -7.93. The van der Waals surface area contributed by atoms with Gasteiger partial charge >= 0.3 is 0 Å². The Morgan fingerprint density at radius 3 is 2.00 bits per heavy atom. The number of anilines is 1. The lowest BCUT2D eigenvalue weighted by Gasteiger charge is -2.10. The molecule has 0 saturated heterocycles. The van der Waals surface area contributed by atoms with E-state index < -0.39 is 25.9 Å². The Morgan fingerprint density at radius 2 is 1.50 bits per heavy atom. The standard InChI is InChI=1S/C12H10ClFN2O4S2/c13-11-7-10(21(15,17)18)5-6-12(11)16-22(19,20)9-3-1-8(14)2-4-9/h1-7,16H,(H2,15,17,18). The second kappa shape index (κ2) is 5.84. The number of nitrogens with one attached hydrogen (secondary N) is 1. The minimum atomic E-state index is -3.98. The molecule has 0 atom stereocenters. The van der Waals surface area contributed by atoms with Crippen LogP contribution in [0.2, 0.25) is 5.02 Å². The maximum atomic E-state index is 12.8. The van der Waals surface area contributed by atoms with Gasteiger partial charge in [0.25, 0.3) is 10.0 Å². The third-order valence-electron chi connectivity index (χ3n) is 2.64. The molecule has 10 heteroatoms. The van der Waals surface area contributed by atoms with Gasteiger partial charge < -0.3 is 0 Å². The Labute approximate surface area is 131 Å². The highest BCUT2D eigenvalue weighted by Gasteiger charge is 2.17. The first kappa shape index (κ1) is 16.7. The van der Waals surface area contributed by atoms with Gasteiger partial charge in [0.05, 0.1) is 20.5 Å². The summed E-state index contributed by atoms with van der Waals surface area (Å²) in [5, 5.41) is 4.81. The molecule has 2 aromatic carbocycles. The monoisotopic (exact) mass is 364 g/mol. The molecule has 0 bridgehead atoms. The van der Waals surface area contributed by atoms with Crippen LogP contribution in [0.3, 0.4) is 0 Å². The molecule has 6 nitrogen and oxygen atoms in total. The van der Waals surface area contributed by atoms with E-state index in [9.17, 15) is 21.2 Å². The smallest absolute Gasteiger partial charge is 0.261 e. The van der Waals surface area contributed by atoms with E-state index in [4.69, 9.17) is 16.7 Å². The van der Waals surface area contributed by atoms with Gasteiger partial charge in [0.2, 0.25) is 10.0 Å². The Hall–Kier alpha value is -1.68. The number of benzene rings is 2. The van der Waals surface area contributed by atoms with Gasteiger partial charge in [-0.25, -0.2) is 26.4 Å². The molecule has 0 heterocycles. The molecule has 0 radical (unpaired) electrons. The van der Waals surface area contributed by atoms with E-state index in [1.54, 1.807) is 0 Å². The second-order valence-electron chi connectivity index (χ2n) is 4.25. The van der Waals surface area contributed by atoms with E-state index >= 15 is 0 Å². The molecule has 0 saturated carbocycles.